The first-order valence-electron chi connectivity index (χ1n) is 11.9. The van der Waals surface area contributed by atoms with E-state index in [0.29, 0.717) is 40.8 Å². The van der Waals surface area contributed by atoms with Crippen LogP contribution in [0.4, 0.5) is 5.69 Å². The van der Waals surface area contributed by atoms with Gasteiger partial charge in [0.25, 0.3) is 5.91 Å². The third-order valence-electron chi connectivity index (χ3n) is 5.61. The van der Waals surface area contributed by atoms with Crippen LogP contribution in [0.3, 0.4) is 0 Å². The minimum Gasteiger partial charge on any atom is -0.497 e. The zero-order valence-electron chi connectivity index (χ0n) is 21.1. The minimum atomic E-state index is -0.442. The largest absolute Gasteiger partial charge is 0.497 e. The number of esters is 1. The maximum absolute atomic E-state index is 12.9. The van der Waals surface area contributed by atoms with Gasteiger partial charge in [-0.05, 0) is 56.0 Å². The number of carbonyl (C=O) groups excluding carboxylic acids is 2. The molecular formula is C27H29N3O6S. The van der Waals surface area contributed by atoms with Crippen molar-refractivity contribution in [2.75, 3.05) is 32.2 Å². The van der Waals surface area contributed by atoms with Crippen molar-refractivity contribution in [2.24, 2.45) is 4.99 Å². The molecule has 194 valence electrons. The van der Waals surface area contributed by atoms with E-state index in [1.807, 2.05) is 42.5 Å². The summed E-state index contributed by atoms with van der Waals surface area (Å²) in [7, 11) is 1.57. The Morgan fingerprint density at radius 3 is 2.68 bits per heavy atom. The van der Waals surface area contributed by atoms with E-state index in [4.69, 9.17) is 18.9 Å². The first kappa shape index (κ1) is 26.2. The van der Waals surface area contributed by atoms with Gasteiger partial charge in [0.2, 0.25) is 0 Å². The van der Waals surface area contributed by atoms with E-state index >= 15 is 0 Å². The van der Waals surface area contributed by atoms with Gasteiger partial charge in [-0.15, -0.1) is 0 Å². The third kappa shape index (κ3) is 5.91. The summed E-state index contributed by atoms with van der Waals surface area (Å²) in [6, 6.07) is 12.1. The predicted octanol–water partition coefficient (Wildman–Crippen LogP) is 4.88. The number of fused-ring (bicyclic) bond motifs is 1. The predicted molar refractivity (Wildman–Crippen MR) is 143 cm³/mol. The van der Waals surface area contributed by atoms with E-state index in [-0.39, 0.29) is 19.1 Å². The fraction of sp³-hybridized carbons (Fsp3) is 0.296. The first-order chi connectivity index (χ1) is 17.9. The number of amidine groups is 1. The molecular weight excluding hydrogens is 494 g/mol. The van der Waals surface area contributed by atoms with E-state index in [1.54, 1.807) is 44.4 Å². The van der Waals surface area contributed by atoms with Crippen molar-refractivity contribution in [3.05, 3.63) is 70.9 Å². The Hall–Kier alpha value is -3.92. The second kappa shape index (κ2) is 11.9. The molecule has 0 bridgehead atoms. The normalized spacial score (nSPS) is 16.2. The Labute approximate surface area is 220 Å². The lowest BCUT2D eigenvalue weighted by molar-refractivity contribution is -0.139. The molecule has 2 aliphatic heterocycles. The van der Waals surface area contributed by atoms with Gasteiger partial charge in [0, 0.05) is 18.0 Å². The molecule has 2 aliphatic rings. The van der Waals surface area contributed by atoms with Crippen LogP contribution in [-0.2, 0) is 14.3 Å². The Kier molecular flexibility index (Phi) is 8.39. The molecule has 0 aliphatic carbocycles. The Morgan fingerprint density at radius 2 is 1.92 bits per heavy atom. The monoisotopic (exact) mass is 523 g/mol. The number of benzene rings is 2. The number of allylic oxidation sites excluding steroid dienone is 1. The highest BCUT2D eigenvalue weighted by Gasteiger charge is 2.37. The summed E-state index contributed by atoms with van der Waals surface area (Å²) in [5.41, 5.74) is 2.48. The Bertz CT molecular complexity index is 1270. The van der Waals surface area contributed by atoms with E-state index in [1.165, 1.54) is 11.8 Å². The van der Waals surface area contributed by atoms with Crippen molar-refractivity contribution >= 4 is 34.5 Å². The van der Waals surface area contributed by atoms with E-state index in [9.17, 15) is 9.59 Å². The van der Waals surface area contributed by atoms with E-state index in [2.05, 4.69) is 10.3 Å². The summed E-state index contributed by atoms with van der Waals surface area (Å²) in [5, 5.41) is 5.50. The molecule has 9 nitrogen and oxygen atoms in total. The topological polar surface area (TPSA) is 98.7 Å². The van der Waals surface area contributed by atoms with Crippen LogP contribution in [0.2, 0.25) is 0 Å². The number of ether oxygens (including phenoxy) is 4. The smallest absolute Gasteiger partial charge is 0.338 e. The highest BCUT2D eigenvalue weighted by molar-refractivity contribution is 8.16. The Morgan fingerprint density at radius 1 is 1.08 bits per heavy atom. The average Bonchev–Trinajstić information content (AvgIpc) is 3.35. The molecule has 2 aromatic rings. The van der Waals surface area contributed by atoms with Crippen LogP contribution in [0.1, 0.15) is 32.4 Å². The molecule has 0 fully saturated rings. The van der Waals surface area contributed by atoms with Crippen LogP contribution < -0.4 is 19.5 Å². The molecule has 0 spiro atoms. The number of nitrogens with one attached hydrogen (secondary N) is 1. The lowest BCUT2D eigenvalue weighted by Gasteiger charge is -2.33. The molecule has 2 aromatic carbocycles. The van der Waals surface area contributed by atoms with Gasteiger partial charge in [-0.25, -0.2) is 9.79 Å². The number of aliphatic imine (C=N–C) groups is 1. The van der Waals surface area contributed by atoms with Gasteiger partial charge in [0.1, 0.15) is 5.75 Å². The van der Waals surface area contributed by atoms with Crippen LogP contribution in [0.5, 0.6) is 17.2 Å². The van der Waals surface area contributed by atoms with Gasteiger partial charge in [-0.2, -0.15) is 0 Å². The molecule has 0 unspecified atom stereocenters. The molecule has 0 radical (unpaired) electrons. The summed E-state index contributed by atoms with van der Waals surface area (Å²) in [5.74, 6) is 0.790. The number of amides is 1. The summed E-state index contributed by atoms with van der Waals surface area (Å²) in [4.78, 5) is 31.9. The fourth-order valence-corrected chi connectivity index (χ4v) is 4.81. The highest BCUT2D eigenvalue weighted by Crippen LogP contribution is 2.43. The number of thioether (sulfide) groups is 1. The van der Waals surface area contributed by atoms with Crippen LogP contribution in [-0.4, -0.2) is 48.9 Å². The average molecular weight is 524 g/mol. The quantitative estimate of drug-likeness (QED) is 0.440. The van der Waals surface area contributed by atoms with Crippen molar-refractivity contribution in [1.82, 2.24) is 4.90 Å². The van der Waals surface area contributed by atoms with Crippen molar-refractivity contribution in [1.29, 1.82) is 0 Å². The highest BCUT2D eigenvalue weighted by atomic mass is 32.2. The summed E-state index contributed by atoms with van der Waals surface area (Å²) < 4.78 is 22.2. The van der Waals surface area contributed by atoms with Crippen molar-refractivity contribution in [3.8, 4) is 17.2 Å². The number of methoxy groups -OCH3 is 1. The van der Waals surface area contributed by atoms with Crippen LogP contribution >= 0.6 is 11.8 Å². The number of nitrogens with zero attached hydrogens (tertiary/aromatic N) is 2. The van der Waals surface area contributed by atoms with Gasteiger partial charge in [-0.3, -0.25) is 4.79 Å². The van der Waals surface area contributed by atoms with Crippen molar-refractivity contribution in [2.45, 2.75) is 26.8 Å². The third-order valence-corrected chi connectivity index (χ3v) is 6.38. The maximum atomic E-state index is 12.9. The van der Waals surface area contributed by atoms with Gasteiger partial charge in [0.15, 0.2) is 23.3 Å². The minimum absolute atomic E-state index is 0.213. The zero-order chi connectivity index (χ0) is 26.4. The lowest BCUT2D eigenvalue weighted by atomic mass is 9.94. The molecule has 0 saturated heterocycles. The Balaban J connectivity index is 1.56. The molecule has 1 amide bonds. The van der Waals surface area contributed by atoms with Gasteiger partial charge in [-0.1, -0.05) is 23.9 Å². The van der Waals surface area contributed by atoms with Crippen molar-refractivity contribution in [3.63, 3.8) is 0 Å². The summed E-state index contributed by atoms with van der Waals surface area (Å²) in [6.45, 7) is 5.89. The van der Waals surface area contributed by atoms with E-state index in [0.717, 1.165) is 10.7 Å². The SMILES string of the molecule is CCOC(=O)C1=C(C)N=C2SC=CN2[C@H]1c1ccc(OCC(=O)Nc2cccc(OC)c2)c(OCC)c1. The molecule has 0 aromatic heterocycles. The van der Waals surface area contributed by atoms with Crippen LogP contribution in [0.25, 0.3) is 0 Å². The second-order valence-corrected chi connectivity index (χ2v) is 8.91. The number of carbonyl (C=O) groups is 2. The summed E-state index contributed by atoms with van der Waals surface area (Å²) in [6.07, 6.45) is 1.90. The van der Waals surface area contributed by atoms with Gasteiger partial charge in [0.05, 0.1) is 37.6 Å². The zero-order valence-corrected chi connectivity index (χ0v) is 22.0. The molecule has 1 atom stereocenters. The van der Waals surface area contributed by atoms with Gasteiger partial charge >= 0.3 is 5.97 Å². The number of rotatable bonds is 10. The molecule has 2 heterocycles. The van der Waals surface area contributed by atoms with Crippen molar-refractivity contribution < 1.29 is 28.5 Å². The molecule has 37 heavy (non-hydrogen) atoms. The molecule has 0 saturated carbocycles. The number of hydrogen-bond donors (Lipinski definition) is 1. The second-order valence-electron chi connectivity index (χ2n) is 8.03. The number of anilines is 1. The molecule has 4 rings (SSSR count). The van der Waals surface area contributed by atoms with Gasteiger partial charge < -0.3 is 29.2 Å². The first-order valence-corrected chi connectivity index (χ1v) is 12.7. The van der Waals surface area contributed by atoms with Crippen LogP contribution in [0, 0.1) is 0 Å². The standard InChI is InChI=1S/C27H29N3O6S/c1-5-34-22-14-18(25-24(26(32)35-6-2)17(3)28-27-30(25)12-13-37-27)10-11-21(22)36-16-23(31)29-19-8-7-9-20(15-19)33-4/h7-15,25H,5-6,16H2,1-4H3,(H,29,31)/t25-/m0/s1. The maximum Gasteiger partial charge on any atom is 0.338 e. The van der Waals surface area contributed by atoms with Crippen LogP contribution in [0.15, 0.2) is 70.3 Å². The lowest BCUT2D eigenvalue weighted by Crippen LogP contribution is -2.34. The number of hydrogen-bond acceptors (Lipinski definition) is 9. The van der Waals surface area contributed by atoms with E-state index < -0.39 is 12.0 Å². The summed E-state index contributed by atoms with van der Waals surface area (Å²) >= 11 is 1.49. The molecule has 1 N–H and O–H groups in total. The molecule has 10 heteroatoms. The fourth-order valence-electron chi connectivity index (χ4n) is 4.02.